The van der Waals surface area contributed by atoms with Gasteiger partial charge in [0, 0.05) is 12.6 Å². The third-order valence-corrected chi connectivity index (χ3v) is 2.92. The number of aliphatic hydroxyl groups is 1. The third kappa shape index (κ3) is 4.07. The summed E-state index contributed by atoms with van der Waals surface area (Å²) < 4.78 is 0. The zero-order chi connectivity index (χ0) is 9.68. The van der Waals surface area contributed by atoms with Crippen molar-refractivity contribution < 1.29 is 5.11 Å². The van der Waals surface area contributed by atoms with Crippen LogP contribution in [0.5, 0.6) is 0 Å². The van der Waals surface area contributed by atoms with Crippen molar-refractivity contribution in [1.82, 2.24) is 5.32 Å². The minimum Gasteiger partial charge on any atom is -0.393 e. The van der Waals surface area contributed by atoms with Crippen molar-refractivity contribution in [2.75, 3.05) is 13.1 Å². The lowest BCUT2D eigenvalue weighted by atomic mass is 9.87. The quantitative estimate of drug-likeness (QED) is 0.598. The Bertz CT molecular complexity index is 133. The van der Waals surface area contributed by atoms with Crippen LogP contribution in [0.1, 0.15) is 32.6 Å². The zero-order valence-electron chi connectivity index (χ0n) is 8.50. The molecule has 0 amide bonds. The predicted molar refractivity (Wildman–Crippen MR) is 54.5 cm³/mol. The maximum atomic E-state index is 9.31. The van der Waals surface area contributed by atoms with E-state index in [0.29, 0.717) is 12.6 Å². The molecular weight excluding hydrogens is 164 g/mol. The molecule has 1 saturated carbocycles. The summed E-state index contributed by atoms with van der Waals surface area (Å²) >= 11 is 0. The Morgan fingerprint density at radius 3 is 2.54 bits per heavy atom. The molecule has 0 spiro atoms. The summed E-state index contributed by atoms with van der Waals surface area (Å²) in [5, 5.41) is 12.7. The van der Waals surface area contributed by atoms with Crippen molar-refractivity contribution in [3.05, 3.63) is 0 Å². The van der Waals surface area contributed by atoms with Gasteiger partial charge < -0.3 is 16.2 Å². The highest BCUT2D eigenvalue weighted by atomic mass is 16.3. The van der Waals surface area contributed by atoms with Crippen LogP contribution in [0.25, 0.3) is 0 Å². The summed E-state index contributed by atoms with van der Waals surface area (Å²) in [6.07, 6.45) is 4.23. The number of nitrogens with one attached hydrogen (secondary N) is 1. The molecule has 4 N–H and O–H groups in total. The molecule has 0 aliphatic heterocycles. The van der Waals surface area contributed by atoms with E-state index in [2.05, 4.69) is 12.2 Å². The van der Waals surface area contributed by atoms with Crippen LogP contribution in [0, 0.1) is 5.92 Å². The second-order valence-electron chi connectivity index (χ2n) is 4.22. The van der Waals surface area contributed by atoms with Gasteiger partial charge in [0.25, 0.3) is 0 Å². The van der Waals surface area contributed by atoms with Crippen LogP contribution in [0.15, 0.2) is 0 Å². The molecule has 3 nitrogen and oxygen atoms in total. The highest BCUT2D eigenvalue weighted by Crippen LogP contribution is 2.23. The van der Waals surface area contributed by atoms with Gasteiger partial charge in [0.2, 0.25) is 0 Å². The van der Waals surface area contributed by atoms with E-state index in [0.717, 1.165) is 38.1 Å². The van der Waals surface area contributed by atoms with Crippen molar-refractivity contribution in [3.8, 4) is 0 Å². The SMILES string of the molecule is CC(CN)NCC1CCC(O)CC1. The fourth-order valence-corrected chi connectivity index (χ4v) is 1.80. The van der Waals surface area contributed by atoms with Crippen LogP contribution in [0.4, 0.5) is 0 Å². The molecule has 1 fully saturated rings. The van der Waals surface area contributed by atoms with Crippen molar-refractivity contribution in [1.29, 1.82) is 0 Å². The maximum Gasteiger partial charge on any atom is 0.0540 e. The first kappa shape index (κ1) is 11.0. The first-order valence-corrected chi connectivity index (χ1v) is 5.34. The number of rotatable bonds is 4. The van der Waals surface area contributed by atoms with Gasteiger partial charge in [-0.05, 0) is 45.1 Å². The minimum atomic E-state index is -0.0387. The molecule has 1 rings (SSSR count). The monoisotopic (exact) mass is 186 g/mol. The second kappa shape index (κ2) is 5.58. The molecule has 1 unspecified atom stereocenters. The molecule has 78 valence electrons. The van der Waals surface area contributed by atoms with Crippen molar-refractivity contribution in [3.63, 3.8) is 0 Å². The first-order valence-electron chi connectivity index (χ1n) is 5.34. The third-order valence-electron chi connectivity index (χ3n) is 2.92. The Morgan fingerprint density at radius 2 is 2.00 bits per heavy atom. The summed E-state index contributed by atoms with van der Waals surface area (Å²) in [6.45, 7) is 3.87. The molecule has 1 atom stereocenters. The first-order chi connectivity index (χ1) is 6.22. The van der Waals surface area contributed by atoms with Crippen LogP contribution in [0.3, 0.4) is 0 Å². The number of hydrogen-bond acceptors (Lipinski definition) is 3. The summed E-state index contributed by atoms with van der Waals surface area (Å²) in [7, 11) is 0. The standard InChI is InChI=1S/C10H22N2O/c1-8(6-11)12-7-9-2-4-10(13)5-3-9/h8-10,12-13H,2-7,11H2,1H3. The van der Waals surface area contributed by atoms with Crippen molar-refractivity contribution in [2.24, 2.45) is 11.7 Å². The number of nitrogens with two attached hydrogens (primary N) is 1. The Morgan fingerprint density at radius 1 is 1.38 bits per heavy atom. The lowest BCUT2D eigenvalue weighted by Crippen LogP contribution is -2.37. The average molecular weight is 186 g/mol. The molecule has 13 heavy (non-hydrogen) atoms. The van der Waals surface area contributed by atoms with Gasteiger partial charge in [0.15, 0.2) is 0 Å². The van der Waals surface area contributed by atoms with Crippen LogP contribution in [-0.2, 0) is 0 Å². The average Bonchev–Trinajstić information content (AvgIpc) is 2.16. The van der Waals surface area contributed by atoms with E-state index in [9.17, 15) is 5.11 Å². The molecule has 1 aliphatic carbocycles. The van der Waals surface area contributed by atoms with Gasteiger partial charge in [0.05, 0.1) is 6.10 Å². The normalized spacial score (nSPS) is 31.6. The maximum absolute atomic E-state index is 9.31. The van der Waals surface area contributed by atoms with Gasteiger partial charge in [0.1, 0.15) is 0 Å². The smallest absolute Gasteiger partial charge is 0.0540 e. The molecule has 0 aromatic heterocycles. The number of hydrogen-bond donors (Lipinski definition) is 3. The fraction of sp³-hybridized carbons (Fsp3) is 1.00. The fourth-order valence-electron chi connectivity index (χ4n) is 1.80. The van der Waals surface area contributed by atoms with E-state index in [4.69, 9.17) is 5.73 Å². The minimum absolute atomic E-state index is 0.0387. The van der Waals surface area contributed by atoms with Gasteiger partial charge in [-0.2, -0.15) is 0 Å². The highest BCUT2D eigenvalue weighted by molar-refractivity contribution is 4.74. The topological polar surface area (TPSA) is 58.3 Å². The molecule has 1 aliphatic rings. The lowest BCUT2D eigenvalue weighted by Gasteiger charge is -2.26. The number of aliphatic hydroxyl groups excluding tert-OH is 1. The Kier molecular flexibility index (Phi) is 4.70. The van der Waals surface area contributed by atoms with Crippen LogP contribution in [-0.4, -0.2) is 30.3 Å². The molecular formula is C10H22N2O. The summed E-state index contributed by atoms with van der Waals surface area (Å²) in [4.78, 5) is 0. The Labute approximate surface area is 80.7 Å². The molecule has 0 heterocycles. The Balaban J connectivity index is 2.08. The van der Waals surface area contributed by atoms with E-state index < -0.39 is 0 Å². The van der Waals surface area contributed by atoms with E-state index in [1.54, 1.807) is 0 Å². The Hall–Kier alpha value is -0.120. The molecule has 0 aromatic rings. The zero-order valence-corrected chi connectivity index (χ0v) is 8.50. The largest absolute Gasteiger partial charge is 0.393 e. The van der Waals surface area contributed by atoms with Gasteiger partial charge in [-0.25, -0.2) is 0 Å². The molecule has 0 aromatic carbocycles. The molecule has 0 bridgehead atoms. The van der Waals surface area contributed by atoms with Gasteiger partial charge >= 0.3 is 0 Å². The van der Waals surface area contributed by atoms with Gasteiger partial charge in [-0.3, -0.25) is 0 Å². The van der Waals surface area contributed by atoms with Gasteiger partial charge in [-0.1, -0.05) is 0 Å². The second-order valence-corrected chi connectivity index (χ2v) is 4.22. The van der Waals surface area contributed by atoms with E-state index >= 15 is 0 Å². The van der Waals surface area contributed by atoms with E-state index in [-0.39, 0.29) is 6.10 Å². The highest BCUT2D eigenvalue weighted by Gasteiger charge is 2.19. The van der Waals surface area contributed by atoms with Gasteiger partial charge in [-0.15, -0.1) is 0 Å². The van der Waals surface area contributed by atoms with Crippen LogP contribution < -0.4 is 11.1 Å². The molecule has 0 saturated heterocycles. The van der Waals surface area contributed by atoms with E-state index in [1.807, 2.05) is 0 Å². The summed E-state index contributed by atoms with van der Waals surface area (Å²) in [5.74, 6) is 0.748. The van der Waals surface area contributed by atoms with Crippen LogP contribution in [0.2, 0.25) is 0 Å². The van der Waals surface area contributed by atoms with Crippen molar-refractivity contribution >= 4 is 0 Å². The predicted octanol–water partition coefficient (Wildman–Crippen LogP) is 0.474. The molecule has 3 heteroatoms. The summed E-state index contributed by atoms with van der Waals surface area (Å²) in [5.41, 5.74) is 5.51. The van der Waals surface area contributed by atoms with E-state index in [1.165, 1.54) is 0 Å². The molecule has 0 radical (unpaired) electrons. The lowest BCUT2D eigenvalue weighted by molar-refractivity contribution is 0.108. The summed E-state index contributed by atoms with van der Waals surface area (Å²) in [6, 6.07) is 0.423. The van der Waals surface area contributed by atoms with Crippen molar-refractivity contribution in [2.45, 2.75) is 44.8 Å². The van der Waals surface area contributed by atoms with Crippen LogP contribution >= 0.6 is 0 Å².